The number of nitrogens with zero attached hydrogens (tertiary/aromatic N) is 2. The van der Waals surface area contributed by atoms with Gasteiger partial charge in [-0.25, -0.2) is 0 Å². The summed E-state index contributed by atoms with van der Waals surface area (Å²) < 4.78 is 1.97. The van der Waals surface area contributed by atoms with Gasteiger partial charge < -0.3 is 5.73 Å². The Kier molecular flexibility index (Phi) is 4.21. The predicted octanol–water partition coefficient (Wildman–Crippen LogP) is 3.12. The van der Waals surface area contributed by atoms with E-state index >= 15 is 0 Å². The molecular weight excluding hydrogens is 210 g/mol. The monoisotopic (exact) mass is 235 g/mol. The Morgan fingerprint density at radius 3 is 2.59 bits per heavy atom. The maximum Gasteiger partial charge on any atom is 0.0537 e. The van der Waals surface area contributed by atoms with E-state index in [-0.39, 0.29) is 6.04 Å². The van der Waals surface area contributed by atoms with Crippen molar-refractivity contribution in [1.82, 2.24) is 9.78 Å². The summed E-state index contributed by atoms with van der Waals surface area (Å²) in [6.45, 7) is 5.33. The molecule has 17 heavy (non-hydrogen) atoms. The fourth-order valence-electron chi connectivity index (χ4n) is 2.95. The molecule has 1 aliphatic rings. The molecule has 1 atom stereocenters. The first-order valence-corrected chi connectivity index (χ1v) is 7.02. The number of aryl methyl sites for hydroxylation is 1. The molecule has 1 fully saturated rings. The molecule has 0 radical (unpaired) electrons. The van der Waals surface area contributed by atoms with Gasteiger partial charge in [0.05, 0.1) is 6.20 Å². The predicted molar refractivity (Wildman–Crippen MR) is 70.6 cm³/mol. The average Bonchev–Trinajstić information content (AvgIpc) is 2.87. The fraction of sp³-hybridized carbons (Fsp3) is 0.786. The third kappa shape index (κ3) is 2.89. The lowest BCUT2D eigenvalue weighted by atomic mass is 9.77. The van der Waals surface area contributed by atoms with Gasteiger partial charge in [-0.1, -0.05) is 26.2 Å². The molecule has 0 bridgehead atoms. The van der Waals surface area contributed by atoms with Gasteiger partial charge in [0.25, 0.3) is 0 Å². The quantitative estimate of drug-likeness (QED) is 0.871. The van der Waals surface area contributed by atoms with Crippen LogP contribution in [0.25, 0.3) is 0 Å². The van der Waals surface area contributed by atoms with Gasteiger partial charge >= 0.3 is 0 Å². The second-order valence-corrected chi connectivity index (χ2v) is 5.34. The fourth-order valence-corrected chi connectivity index (χ4v) is 2.95. The Morgan fingerprint density at radius 2 is 2.06 bits per heavy atom. The van der Waals surface area contributed by atoms with E-state index in [0.717, 1.165) is 12.5 Å². The van der Waals surface area contributed by atoms with E-state index < -0.39 is 0 Å². The summed E-state index contributed by atoms with van der Waals surface area (Å²) >= 11 is 0. The van der Waals surface area contributed by atoms with Crippen LogP contribution in [0.1, 0.15) is 57.6 Å². The molecule has 1 heterocycles. The van der Waals surface area contributed by atoms with Crippen LogP contribution in [-0.2, 0) is 6.54 Å². The van der Waals surface area contributed by atoms with Crippen molar-refractivity contribution in [3.8, 4) is 0 Å². The Morgan fingerprint density at radius 1 is 1.35 bits per heavy atom. The highest BCUT2D eigenvalue weighted by Crippen LogP contribution is 2.36. The lowest BCUT2D eigenvalue weighted by Crippen LogP contribution is -2.25. The van der Waals surface area contributed by atoms with Gasteiger partial charge in [-0.05, 0) is 31.6 Å². The lowest BCUT2D eigenvalue weighted by molar-refractivity contribution is 0.240. The van der Waals surface area contributed by atoms with Gasteiger partial charge in [0, 0.05) is 24.3 Å². The van der Waals surface area contributed by atoms with Crippen molar-refractivity contribution in [2.45, 2.75) is 58.5 Å². The molecule has 2 N–H and O–H groups in total. The third-order valence-electron chi connectivity index (χ3n) is 4.34. The van der Waals surface area contributed by atoms with Crippen molar-refractivity contribution >= 4 is 0 Å². The highest BCUT2D eigenvalue weighted by atomic mass is 15.3. The molecule has 0 amide bonds. The van der Waals surface area contributed by atoms with Crippen molar-refractivity contribution in [2.75, 3.05) is 0 Å². The molecule has 2 rings (SSSR count). The van der Waals surface area contributed by atoms with Crippen LogP contribution in [0.15, 0.2) is 12.4 Å². The van der Waals surface area contributed by atoms with Crippen LogP contribution < -0.4 is 5.73 Å². The third-order valence-corrected chi connectivity index (χ3v) is 4.34. The largest absolute Gasteiger partial charge is 0.324 e. The zero-order chi connectivity index (χ0) is 12.3. The number of hydrogen-bond acceptors (Lipinski definition) is 2. The van der Waals surface area contributed by atoms with E-state index in [1.807, 2.05) is 10.9 Å². The van der Waals surface area contributed by atoms with Crippen LogP contribution >= 0.6 is 0 Å². The van der Waals surface area contributed by atoms with Gasteiger partial charge in [0.2, 0.25) is 0 Å². The summed E-state index contributed by atoms with van der Waals surface area (Å²) in [5.74, 6) is 1.60. The number of rotatable bonds is 4. The highest BCUT2D eigenvalue weighted by Gasteiger charge is 2.26. The summed E-state index contributed by atoms with van der Waals surface area (Å²) in [5, 5.41) is 4.32. The van der Waals surface area contributed by atoms with Gasteiger partial charge in [0.1, 0.15) is 0 Å². The molecule has 96 valence electrons. The molecule has 1 unspecified atom stereocenters. The zero-order valence-electron chi connectivity index (χ0n) is 11.1. The van der Waals surface area contributed by atoms with Crippen LogP contribution in [-0.4, -0.2) is 9.78 Å². The van der Waals surface area contributed by atoms with E-state index in [9.17, 15) is 0 Å². The molecule has 1 aromatic rings. The Balaban J connectivity index is 1.94. The van der Waals surface area contributed by atoms with Crippen LogP contribution in [0.2, 0.25) is 0 Å². The first kappa shape index (κ1) is 12.6. The Bertz CT molecular complexity index is 337. The second-order valence-electron chi connectivity index (χ2n) is 5.34. The molecular formula is C14H25N3. The van der Waals surface area contributed by atoms with Crippen molar-refractivity contribution in [3.63, 3.8) is 0 Å². The maximum absolute atomic E-state index is 6.37. The van der Waals surface area contributed by atoms with Crippen molar-refractivity contribution in [3.05, 3.63) is 18.0 Å². The average molecular weight is 235 g/mol. The Labute approximate surface area is 104 Å². The molecule has 1 saturated carbocycles. The molecule has 3 heteroatoms. The second kappa shape index (κ2) is 5.67. The minimum atomic E-state index is 0.188. The first-order chi connectivity index (χ1) is 8.24. The van der Waals surface area contributed by atoms with Crippen molar-refractivity contribution in [1.29, 1.82) is 0 Å². The summed E-state index contributed by atoms with van der Waals surface area (Å²) in [7, 11) is 0. The summed E-state index contributed by atoms with van der Waals surface area (Å²) in [6.07, 6.45) is 10.7. The van der Waals surface area contributed by atoms with E-state index in [2.05, 4.69) is 25.1 Å². The summed E-state index contributed by atoms with van der Waals surface area (Å²) in [5.41, 5.74) is 7.59. The van der Waals surface area contributed by atoms with Gasteiger partial charge in [-0.15, -0.1) is 0 Å². The van der Waals surface area contributed by atoms with Crippen molar-refractivity contribution in [2.24, 2.45) is 17.6 Å². The number of hydrogen-bond donors (Lipinski definition) is 1. The minimum Gasteiger partial charge on any atom is -0.324 e. The first-order valence-electron chi connectivity index (χ1n) is 7.02. The minimum absolute atomic E-state index is 0.188. The van der Waals surface area contributed by atoms with Crippen LogP contribution in [0.4, 0.5) is 0 Å². The molecule has 0 aromatic carbocycles. The smallest absolute Gasteiger partial charge is 0.0537 e. The topological polar surface area (TPSA) is 43.8 Å². The highest BCUT2D eigenvalue weighted by molar-refractivity contribution is 5.11. The Hall–Kier alpha value is -0.830. The molecule has 3 nitrogen and oxygen atoms in total. The van der Waals surface area contributed by atoms with Gasteiger partial charge in [-0.3, -0.25) is 4.68 Å². The van der Waals surface area contributed by atoms with Gasteiger partial charge in [-0.2, -0.15) is 5.10 Å². The van der Waals surface area contributed by atoms with Crippen LogP contribution in [0.3, 0.4) is 0 Å². The summed E-state index contributed by atoms with van der Waals surface area (Å²) in [6, 6.07) is 0.188. The molecule has 0 spiro atoms. The summed E-state index contributed by atoms with van der Waals surface area (Å²) in [4.78, 5) is 0. The molecule has 1 aromatic heterocycles. The zero-order valence-corrected chi connectivity index (χ0v) is 11.1. The molecule has 1 aliphatic carbocycles. The van der Waals surface area contributed by atoms with E-state index in [0.29, 0.717) is 5.92 Å². The van der Waals surface area contributed by atoms with E-state index in [4.69, 9.17) is 5.73 Å². The number of nitrogens with two attached hydrogens (primary N) is 1. The van der Waals surface area contributed by atoms with Crippen molar-refractivity contribution < 1.29 is 0 Å². The number of aromatic nitrogens is 2. The normalized spacial score (nSPS) is 27.0. The lowest BCUT2D eigenvalue weighted by Gasteiger charge is -2.31. The molecule has 0 aliphatic heterocycles. The molecule has 0 saturated heterocycles. The van der Waals surface area contributed by atoms with Gasteiger partial charge in [0.15, 0.2) is 0 Å². The standard InChI is InChI=1S/C14H25N3/c1-3-11-5-7-12(8-6-11)14(15)13-9-16-17(4-2)10-13/h9-12,14H,3-8,15H2,1-2H3. The van der Waals surface area contributed by atoms with E-state index in [1.165, 1.54) is 37.7 Å². The van der Waals surface area contributed by atoms with Crippen LogP contribution in [0.5, 0.6) is 0 Å². The maximum atomic E-state index is 6.37. The SMILES string of the molecule is CCC1CCC(C(N)c2cnn(CC)c2)CC1. The van der Waals surface area contributed by atoms with E-state index in [1.54, 1.807) is 0 Å². The van der Waals surface area contributed by atoms with Crippen LogP contribution in [0, 0.1) is 11.8 Å².